The van der Waals surface area contributed by atoms with Gasteiger partial charge in [0.1, 0.15) is 5.75 Å². The third-order valence-corrected chi connectivity index (χ3v) is 5.13. The van der Waals surface area contributed by atoms with Crippen molar-refractivity contribution in [1.82, 2.24) is 4.72 Å². The summed E-state index contributed by atoms with van der Waals surface area (Å²) in [6, 6.07) is 11.8. The van der Waals surface area contributed by atoms with Crippen LogP contribution in [0.1, 0.15) is 25.0 Å². The van der Waals surface area contributed by atoms with Crippen molar-refractivity contribution in [2.45, 2.75) is 38.5 Å². The molecule has 172 valence electrons. The van der Waals surface area contributed by atoms with Crippen molar-refractivity contribution in [3.8, 4) is 5.75 Å². The molecule has 0 radical (unpaired) electrons. The second-order valence-electron chi connectivity index (χ2n) is 6.75. The number of sulfonamides is 1. The van der Waals surface area contributed by atoms with E-state index in [1.165, 1.54) is 12.1 Å². The molecule has 0 amide bonds. The van der Waals surface area contributed by atoms with Crippen molar-refractivity contribution in [3.05, 3.63) is 59.7 Å². The van der Waals surface area contributed by atoms with Gasteiger partial charge < -0.3 is 15.8 Å². The van der Waals surface area contributed by atoms with Crippen LogP contribution in [0, 0.1) is 0 Å². The van der Waals surface area contributed by atoms with E-state index in [4.69, 9.17) is 5.73 Å². The van der Waals surface area contributed by atoms with Crippen LogP contribution in [-0.2, 0) is 22.3 Å². The smallest absolute Gasteiger partial charge is 0.406 e. The van der Waals surface area contributed by atoms with E-state index in [0.717, 1.165) is 17.7 Å². The number of anilines is 1. The number of aliphatic imine (C=N–C) groups is 1. The summed E-state index contributed by atoms with van der Waals surface area (Å²) in [4.78, 5) is 4.16. The zero-order valence-electron chi connectivity index (χ0n) is 16.8. The van der Waals surface area contributed by atoms with E-state index >= 15 is 0 Å². The highest BCUT2D eigenvalue weighted by Gasteiger charge is 2.30. The molecule has 0 atom stereocenters. The van der Waals surface area contributed by atoms with Gasteiger partial charge in [-0.1, -0.05) is 24.3 Å². The Bertz CT molecular complexity index is 964. The normalized spacial score (nSPS) is 12.4. The molecule has 12 heteroatoms. The van der Waals surface area contributed by atoms with Gasteiger partial charge in [0, 0.05) is 11.7 Å². The number of rotatable bonds is 8. The molecule has 0 unspecified atom stereocenters. The molecule has 0 aromatic heterocycles. The molecule has 0 bridgehead atoms. The molecule has 0 aliphatic rings. The number of ether oxygens (including phenoxy) is 1. The highest BCUT2D eigenvalue weighted by atomic mass is 127. The number of guanidine groups is 1. The van der Waals surface area contributed by atoms with Gasteiger partial charge in [0.05, 0.1) is 12.3 Å². The van der Waals surface area contributed by atoms with Crippen LogP contribution < -0.4 is 20.5 Å². The summed E-state index contributed by atoms with van der Waals surface area (Å²) >= 11 is 0. The van der Waals surface area contributed by atoms with Crippen LogP contribution in [0.15, 0.2) is 53.5 Å². The minimum absolute atomic E-state index is 0. The highest BCUT2D eigenvalue weighted by molar-refractivity contribution is 14.0. The lowest BCUT2D eigenvalue weighted by Gasteiger charge is -2.10. The third-order valence-electron chi connectivity index (χ3n) is 3.59. The predicted molar refractivity (Wildman–Crippen MR) is 125 cm³/mol. The third kappa shape index (κ3) is 10.7. The average molecular weight is 572 g/mol. The highest BCUT2D eigenvalue weighted by Crippen LogP contribution is 2.23. The summed E-state index contributed by atoms with van der Waals surface area (Å²) in [7, 11) is -3.40. The average Bonchev–Trinajstić information content (AvgIpc) is 2.60. The van der Waals surface area contributed by atoms with Gasteiger partial charge in [-0.15, -0.1) is 37.1 Å². The summed E-state index contributed by atoms with van der Waals surface area (Å²) in [5.41, 5.74) is 7.69. The van der Waals surface area contributed by atoms with Crippen LogP contribution >= 0.6 is 24.0 Å². The molecule has 0 fully saturated rings. The van der Waals surface area contributed by atoms with Crippen molar-refractivity contribution in [2.24, 2.45) is 10.7 Å². The van der Waals surface area contributed by atoms with Crippen LogP contribution in [0.4, 0.5) is 18.9 Å². The fourth-order valence-electron chi connectivity index (χ4n) is 2.46. The predicted octanol–water partition coefficient (Wildman–Crippen LogP) is 3.96. The number of alkyl halides is 3. The van der Waals surface area contributed by atoms with Crippen LogP contribution in [0.2, 0.25) is 0 Å². The first kappa shape index (κ1) is 27.0. The molecule has 4 N–H and O–H groups in total. The summed E-state index contributed by atoms with van der Waals surface area (Å²) in [5, 5.41) is 2.77. The first-order chi connectivity index (χ1) is 13.9. The van der Waals surface area contributed by atoms with E-state index < -0.39 is 16.4 Å². The van der Waals surface area contributed by atoms with Gasteiger partial charge in [-0.05, 0) is 49.2 Å². The molecule has 31 heavy (non-hydrogen) atoms. The second kappa shape index (κ2) is 11.5. The van der Waals surface area contributed by atoms with Gasteiger partial charge in [0.15, 0.2) is 5.96 Å². The Balaban J connectivity index is 0.00000480. The fraction of sp³-hybridized carbons (Fsp3) is 0.316. The lowest BCUT2D eigenvalue weighted by atomic mass is 10.1. The Morgan fingerprint density at radius 2 is 1.61 bits per heavy atom. The van der Waals surface area contributed by atoms with E-state index in [9.17, 15) is 21.6 Å². The molecular formula is C19H24F3IN4O3S. The number of nitrogens with zero attached hydrogens (tertiary/aromatic N) is 1. The Kier molecular flexibility index (Phi) is 10.0. The topological polar surface area (TPSA) is 106 Å². The molecule has 2 aromatic rings. The lowest BCUT2D eigenvalue weighted by molar-refractivity contribution is -0.274. The van der Waals surface area contributed by atoms with Gasteiger partial charge in [-0.25, -0.2) is 18.1 Å². The van der Waals surface area contributed by atoms with Crippen LogP contribution in [0.25, 0.3) is 0 Å². The Morgan fingerprint density at radius 3 is 2.13 bits per heavy atom. The van der Waals surface area contributed by atoms with E-state index in [1.54, 1.807) is 38.1 Å². The SMILES string of the molecule is CC(C)NS(=O)(=O)Cc1ccc(CN=C(N)Nc2ccc(OC(F)(F)F)cc2)cc1.I. The molecule has 0 saturated carbocycles. The minimum Gasteiger partial charge on any atom is -0.406 e. The van der Waals surface area contributed by atoms with Crippen LogP contribution in [-0.4, -0.2) is 26.8 Å². The quantitative estimate of drug-likeness (QED) is 0.253. The Hall–Kier alpha value is -2.06. The Labute approximate surface area is 196 Å². The van der Waals surface area contributed by atoms with Gasteiger partial charge in [0.25, 0.3) is 0 Å². The summed E-state index contributed by atoms with van der Waals surface area (Å²) < 4.78 is 66.7. The van der Waals surface area contributed by atoms with Crippen molar-refractivity contribution in [3.63, 3.8) is 0 Å². The zero-order valence-corrected chi connectivity index (χ0v) is 20.0. The maximum atomic E-state index is 12.2. The minimum atomic E-state index is -4.75. The number of hydrogen-bond acceptors (Lipinski definition) is 4. The summed E-state index contributed by atoms with van der Waals surface area (Å²) in [5.74, 6) is -0.381. The zero-order chi connectivity index (χ0) is 22.4. The van der Waals surface area contributed by atoms with Crippen molar-refractivity contribution < 1.29 is 26.3 Å². The largest absolute Gasteiger partial charge is 0.573 e. The van der Waals surface area contributed by atoms with E-state index in [2.05, 4.69) is 19.8 Å². The van der Waals surface area contributed by atoms with Gasteiger partial charge in [-0.3, -0.25) is 0 Å². The summed E-state index contributed by atoms with van der Waals surface area (Å²) in [6.07, 6.45) is -4.75. The van der Waals surface area contributed by atoms with Crippen molar-refractivity contribution in [2.75, 3.05) is 5.32 Å². The molecule has 7 nitrogen and oxygen atoms in total. The monoisotopic (exact) mass is 572 g/mol. The fourth-order valence-corrected chi connectivity index (χ4v) is 3.90. The first-order valence-electron chi connectivity index (χ1n) is 8.92. The van der Waals surface area contributed by atoms with Gasteiger partial charge >= 0.3 is 6.36 Å². The van der Waals surface area contributed by atoms with Crippen molar-refractivity contribution in [1.29, 1.82) is 0 Å². The number of nitrogens with one attached hydrogen (secondary N) is 2. The Morgan fingerprint density at radius 1 is 1.06 bits per heavy atom. The lowest BCUT2D eigenvalue weighted by Crippen LogP contribution is -2.31. The molecule has 0 heterocycles. The molecule has 0 aliphatic carbocycles. The maximum Gasteiger partial charge on any atom is 0.573 e. The molecular weight excluding hydrogens is 548 g/mol. The number of nitrogens with two attached hydrogens (primary N) is 1. The number of hydrogen-bond donors (Lipinski definition) is 3. The van der Waals surface area contributed by atoms with Crippen LogP contribution in [0.3, 0.4) is 0 Å². The van der Waals surface area contributed by atoms with E-state index in [1.807, 2.05) is 0 Å². The van der Waals surface area contributed by atoms with Gasteiger partial charge in [0.2, 0.25) is 10.0 Å². The first-order valence-corrected chi connectivity index (χ1v) is 10.6. The molecule has 0 aliphatic heterocycles. The molecule has 2 rings (SSSR count). The molecule has 0 spiro atoms. The molecule has 2 aromatic carbocycles. The number of benzene rings is 2. The van der Waals surface area contributed by atoms with E-state index in [0.29, 0.717) is 11.3 Å². The van der Waals surface area contributed by atoms with Crippen LogP contribution in [0.5, 0.6) is 5.75 Å². The van der Waals surface area contributed by atoms with E-state index in [-0.39, 0.29) is 54.0 Å². The standard InChI is InChI=1S/C19H23F3N4O3S.HI/c1-13(2)26-30(27,28)12-15-5-3-14(4-6-15)11-24-18(23)25-16-7-9-17(10-8-16)29-19(20,21)22;/h3-10,13,26H,11-12H2,1-2H3,(H3,23,24,25);1H. The maximum absolute atomic E-state index is 12.2. The van der Waals surface area contributed by atoms with Gasteiger partial charge in [-0.2, -0.15) is 0 Å². The molecule has 0 saturated heterocycles. The summed E-state index contributed by atoms with van der Waals surface area (Å²) in [6.45, 7) is 3.74. The number of halogens is 4. The second-order valence-corrected chi connectivity index (χ2v) is 8.50. The van der Waals surface area contributed by atoms with Crippen molar-refractivity contribution >= 4 is 45.6 Å².